The van der Waals surface area contributed by atoms with E-state index in [1.165, 1.54) is 0 Å². The van der Waals surface area contributed by atoms with E-state index in [2.05, 4.69) is 15.3 Å². The lowest BCUT2D eigenvalue weighted by Gasteiger charge is -2.18. The maximum atomic E-state index is 11.4. The molecule has 5 heteroatoms. The normalized spacial score (nSPS) is 11.8. The number of primary amides is 1. The number of anilines is 1. The molecule has 25 heavy (non-hydrogen) atoms. The highest BCUT2D eigenvalue weighted by Gasteiger charge is 2.12. The van der Waals surface area contributed by atoms with Crippen molar-refractivity contribution in [1.82, 2.24) is 9.97 Å². The summed E-state index contributed by atoms with van der Waals surface area (Å²) >= 11 is 0. The lowest BCUT2D eigenvalue weighted by molar-refractivity contribution is 0.1000. The Balaban J connectivity index is 1.85. The Morgan fingerprint density at radius 2 is 1.88 bits per heavy atom. The molecule has 3 rings (SSSR count). The summed E-state index contributed by atoms with van der Waals surface area (Å²) in [5.41, 5.74) is 9.79. The third-order valence-electron chi connectivity index (χ3n) is 4.10. The fourth-order valence-electron chi connectivity index (χ4n) is 2.74. The van der Waals surface area contributed by atoms with Crippen molar-refractivity contribution in [3.8, 4) is 11.3 Å². The van der Waals surface area contributed by atoms with Crippen molar-refractivity contribution in [2.24, 2.45) is 5.73 Å². The van der Waals surface area contributed by atoms with Crippen LogP contribution >= 0.6 is 0 Å². The van der Waals surface area contributed by atoms with Crippen LogP contribution in [-0.4, -0.2) is 15.9 Å². The van der Waals surface area contributed by atoms with Gasteiger partial charge in [0.2, 0.25) is 5.91 Å². The number of amides is 1. The second-order valence-electron chi connectivity index (χ2n) is 5.96. The molecule has 0 aliphatic carbocycles. The van der Waals surface area contributed by atoms with Crippen LogP contribution in [0.4, 0.5) is 5.82 Å². The Hall–Kier alpha value is -3.21. The van der Waals surface area contributed by atoms with E-state index in [4.69, 9.17) is 5.73 Å². The van der Waals surface area contributed by atoms with E-state index in [9.17, 15) is 4.79 Å². The minimum atomic E-state index is -0.431. The average molecular weight is 332 g/mol. The van der Waals surface area contributed by atoms with E-state index < -0.39 is 5.91 Å². The van der Waals surface area contributed by atoms with Crippen LogP contribution in [0.2, 0.25) is 0 Å². The number of carbonyl (C=O) groups is 1. The second kappa shape index (κ2) is 7.13. The van der Waals surface area contributed by atoms with Crippen LogP contribution < -0.4 is 11.1 Å². The molecule has 1 atom stereocenters. The number of hydrogen-bond donors (Lipinski definition) is 2. The smallest absolute Gasteiger partial charge is 0.248 e. The largest absolute Gasteiger partial charge is 0.366 e. The van der Waals surface area contributed by atoms with E-state index >= 15 is 0 Å². The van der Waals surface area contributed by atoms with Gasteiger partial charge in [-0.1, -0.05) is 36.4 Å². The fourth-order valence-corrected chi connectivity index (χ4v) is 2.74. The Morgan fingerprint density at radius 3 is 2.60 bits per heavy atom. The molecule has 1 aromatic heterocycles. The first-order valence-electron chi connectivity index (χ1n) is 8.09. The maximum Gasteiger partial charge on any atom is 0.248 e. The third-order valence-corrected chi connectivity index (χ3v) is 4.10. The van der Waals surface area contributed by atoms with Crippen molar-refractivity contribution in [1.29, 1.82) is 0 Å². The number of aromatic nitrogens is 2. The van der Waals surface area contributed by atoms with Crippen molar-refractivity contribution in [2.75, 3.05) is 5.32 Å². The van der Waals surface area contributed by atoms with Crippen LogP contribution in [0.3, 0.4) is 0 Å². The Labute approximate surface area is 146 Å². The molecule has 0 aliphatic heterocycles. The summed E-state index contributed by atoms with van der Waals surface area (Å²) in [5, 5.41) is 3.35. The number of hydrogen-bond acceptors (Lipinski definition) is 4. The number of nitrogens with two attached hydrogens (primary N) is 1. The zero-order chi connectivity index (χ0) is 17.8. The van der Waals surface area contributed by atoms with E-state index in [0.717, 1.165) is 22.4 Å². The monoisotopic (exact) mass is 332 g/mol. The van der Waals surface area contributed by atoms with Crippen molar-refractivity contribution < 1.29 is 4.79 Å². The van der Waals surface area contributed by atoms with Gasteiger partial charge in [0.1, 0.15) is 5.82 Å². The van der Waals surface area contributed by atoms with Crippen molar-refractivity contribution >= 4 is 11.7 Å². The zero-order valence-corrected chi connectivity index (χ0v) is 14.2. The molecule has 1 heterocycles. The number of carbonyl (C=O) groups excluding carboxylic acids is 1. The number of nitrogens with zero attached hydrogens (tertiary/aromatic N) is 2. The lowest BCUT2D eigenvalue weighted by Crippen LogP contribution is -2.14. The third kappa shape index (κ3) is 3.83. The highest BCUT2D eigenvalue weighted by atomic mass is 16.1. The molecule has 3 N–H and O–H groups in total. The summed E-state index contributed by atoms with van der Waals surface area (Å²) in [4.78, 5) is 20.3. The first-order valence-corrected chi connectivity index (χ1v) is 8.09. The summed E-state index contributed by atoms with van der Waals surface area (Å²) in [5.74, 6) is 0.247. The van der Waals surface area contributed by atoms with Gasteiger partial charge in [-0.15, -0.1) is 0 Å². The molecule has 0 saturated heterocycles. The van der Waals surface area contributed by atoms with Crippen molar-refractivity contribution in [3.63, 3.8) is 0 Å². The summed E-state index contributed by atoms with van der Waals surface area (Å²) in [6.45, 7) is 4.02. The highest BCUT2D eigenvalue weighted by molar-refractivity contribution is 5.93. The minimum Gasteiger partial charge on any atom is -0.366 e. The van der Waals surface area contributed by atoms with Crippen molar-refractivity contribution in [2.45, 2.75) is 19.9 Å². The predicted octanol–water partition coefficient (Wildman–Crippen LogP) is 3.72. The van der Waals surface area contributed by atoms with Crippen LogP contribution in [0.5, 0.6) is 0 Å². The first-order chi connectivity index (χ1) is 12.0. The van der Waals surface area contributed by atoms with E-state index in [1.54, 1.807) is 18.5 Å². The highest BCUT2D eigenvalue weighted by Crippen LogP contribution is 2.24. The standard InChI is InChI=1S/C20H20N4O/c1-13-8-9-16(20(21)25)10-17(13)14(2)23-19-12-22-11-18(24-19)15-6-4-3-5-7-15/h3-12,14H,1-2H3,(H2,21,25)(H,23,24). The molecular weight excluding hydrogens is 312 g/mol. The van der Waals surface area contributed by atoms with Gasteiger partial charge in [-0.25, -0.2) is 4.98 Å². The quantitative estimate of drug-likeness (QED) is 0.746. The topological polar surface area (TPSA) is 80.9 Å². The van der Waals surface area contributed by atoms with E-state index in [0.29, 0.717) is 11.4 Å². The molecule has 0 spiro atoms. The van der Waals surface area contributed by atoms with Gasteiger partial charge >= 0.3 is 0 Å². The van der Waals surface area contributed by atoms with E-state index in [-0.39, 0.29) is 6.04 Å². The van der Waals surface area contributed by atoms with Gasteiger partial charge in [0.25, 0.3) is 0 Å². The molecule has 1 unspecified atom stereocenters. The molecule has 2 aromatic carbocycles. The fraction of sp³-hybridized carbons (Fsp3) is 0.150. The first kappa shape index (κ1) is 16.6. The number of aryl methyl sites for hydroxylation is 1. The molecule has 0 radical (unpaired) electrons. The summed E-state index contributed by atoms with van der Waals surface area (Å²) in [6.07, 6.45) is 3.43. The van der Waals surface area contributed by atoms with Gasteiger partial charge < -0.3 is 11.1 Å². The molecule has 126 valence electrons. The number of rotatable bonds is 5. The van der Waals surface area contributed by atoms with Crippen LogP contribution in [0.15, 0.2) is 60.9 Å². The van der Waals surface area contributed by atoms with Crippen LogP contribution in [-0.2, 0) is 0 Å². The lowest BCUT2D eigenvalue weighted by atomic mass is 9.99. The van der Waals surface area contributed by atoms with Crippen LogP contribution in [0.25, 0.3) is 11.3 Å². The molecule has 0 aliphatic rings. The van der Waals surface area contributed by atoms with Gasteiger partial charge in [-0.2, -0.15) is 0 Å². The summed E-state index contributed by atoms with van der Waals surface area (Å²) in [7, 11) is 0. The van der Waals surface area contributed by atoms with Crippen LogP contribution in [0.1, 0.15) is 34.5 Å². The molecular formula is C20H20N4O. The van der Waals surface area contributed by atoms with Crippen LogP contribution in [0, 0.1) is 6.92 Å². The number of nitrogens with one attached hydrogen (secondary N) is 1. The van der Waals surface area contributed by atoms with Gasteiger partial charge in [0.05, 0.1) is 24.1 Å². The van der Waals surface area contributed by atoms with E-state index in [1.807, 2.05) is 56.3 Å². The minimum absolute atomic E-state index is 0.0420. The molecule has 0 saturated carbocycles. The SMILES string of the molecule is Cc1ccc(C(N)=O)cc1C(C)Nc1cncc(-c2ccccc2)n1. The number of benzene rings is 2. The Bertz CT molecular complexity index is 893. The maximum absolute atomic E-state index is 11.4. The van der Waals surface area contributed by atoms with Gasteiger partial charge in [-0.3, -0.25) is 9.78 Å². The Kier molecular flexibility index (Phi) is 4.75. The summed E-state index contributed by atoms with van der Waals surface area (Å²) in [6, 6.07) is 15.3. The zero-order valence-electron chi connectivity index (χ0n) is 14.2. The van der Waals surface area contributed by atoms with Crippen molar-refractivity contribution in [3.05, 3.63) is 77.6 Å². The molecule has 0 bridgehead atoms. The van der Waals surface area contributed by atoms with Gasteiger partial charge in [-0.05, 0) is 37.1 Å². The summed E-state index contributed by atoms with van der Waals surface area (Å²) < 4.78 is 0. The Morgan fingerprint density at radius 1 is 1.12 bits per heavy atom. The molecule has 3 aromatic rings. The average Bonchev–Trinajstić information content (AvgIpc) is 2.62. The van der Waals surface area contributed by atoms with Gasteiger partial charge in [0.15, 0.2) is 0 Å². The molecule has 1 amide bonds. The molecule has 5 nitrogen and oxygen atoms in total. The second-order valence-corrected chi connectivity index (χ2v) is 5.96. The molecule has 0 fully saturated rings. The predicted molar refractivity (Wildman–Crippen MR) is 99.2 cm³/mol. The van der Waals surface area contributed by atoms with Gasteiger partial charge in [0, 0.05) is 11.1 Å².